The molecule has 4 heteroatoms. The molecule has 2 fully saturated rings. The molecule has 1 aliphatic heterocycles. The number of alkyl halides is 1. The summed E-state index contributed by atoms with van der Waals surface area (Å²) in [5.41, 5.74) is 0.247. The van der Waals surface area contributed by atoms with E-state index >= 15 is 0 Å². The van der Waals surface area contributed by atoms with Gasteiger partial charge < -0.3 is 10.0 Å². The van der Waals surface area contributed by atoms with Gasteiger partial charge in [-0.1, -0.05) is 6.42 Å². The molecule has 2 aliphatic rings. The van der Waals surface area contributed by atoms with E-state index in [1.165, 1.54) is 19.3 Å². The Bertz CT molecular complexity index is 253. The highest BCUT2D eigenvalue weighted by Crippen LogP contribution is 2.51. The number of aliphatic hydroxyl groups is 1. The fourth-order valence-corrected chi connectivity index (χ4v) is 3.07. The molecule has 1 atom stereocenters. The van der Waals surface area contributed by atoms with Gasteiger partial charge in [0.05, 0.1) is 0 Å². The summed E-state index contributed by atoms with van der Waals surface area (Å²) >= 11 is 5.57. The van der Waals surface area contributed by atoms with Crippen LogP contribution in [0.1, 0.15) is 25.7 Å². The summed E-state index contributed by atoms with van der Waals surface area (Å²) < 4.78 is 0. The van der Waals surface area contributed by atoms with Crippen LogP contribution in [0, 0.1) is 11.3 Å². The third-order valence-corrected chi connectivity index (χ3v) is 4.23. The van der Waals surface area contributed by atoms with Gasteiger partial charge in [0, 0.05) is 37.9 Å². The molecule has 0 aromatic heterocycles. The number of nitrogens with zero attached hydrogens (tertiary/aromatic N) is 1. The van der Waals surface area contributed by atoms with Gasteiger partial charge in [-0.2, -0.15) is 0 Å². The van der Waals surface area contributed by atoms with E-state index in [-0.39, 0.29) is 17.9 Å². The summed E-state index contributed by atoms with van der Waals surface area (Å²) in [6.07, 6.45) is 4.01. The van der Waals surface area contributed by atoms with Crippen molar-refractivity contribution in [2.24, 2.45) is 11.3 Å². The highest BCUT2D eigenvalue weighted by atomic mass is 35.5. The van der Waals surface area contributed by atoms with Crippen LogP contribution in [0.15, 0.2) is 0 Å². The molecule has 15 heavy (non-hydrogen) atoms. The van der Waals surface area contributed by atoms with Crippen LogP contribution < -0.4 is 0 Å². The van der Waals surface area contributed by atoms with Gasteiger partial charge in [0.25, 0.3) is 0 Å². The SMILES string of the molecule is O=C(CCCl)N1C[C@@H](CO)C2(CCC2)C1. The molecule has 1 heterocycles. The summed E-state index contributed by atoms with van der Waals surface area (Å²) in [6.45, 7) is 1.78. The topological polar surface area (TPSA) is 40.5 Å². The lowest BCUT2D eigenvalue weighted by molar-refractivity contribution is -0.130. The molecular weight excluding hydrogens is 214 g/mol. The molecule has 3 nitrogen and oxygen atoms in total. The zero-order valence-electron chi connectivity index (χ0n) is 8.91. The second kappa shape index (κ2) is 4.30. The minimum Gasteiger partial charge on any atom is -0.396 e. The lowest BCUT2D eigenvalue weighted by Gasteiger charge is -2.42. The van der Waals surface area contributed by atoms with Gasteiger partial charge in [-0.25, -0.2) is 0 Å². The lowest BCUT2D eigenvalue weighted by Crippen LogP contribution is -2.39. The Kier molecular flexibility index (Phi) is 3.21. The monoisotopic (exact) mass is 231 g/mol. The Morgan fingerprint density at radius 1 is 1.53 bits per heavy atom. The molecule has 86 valence electrons. The second-order valence-corrected chi connectivity index (χ2v) is 5.19. The zero-order valence-corrected chi connectivity index (χ0v) is 9.67. The Morgan fingerprint density at radius 3 is 2.67 bits per heavy atom. The third-order valence-electron chi connectivity index (χ3n) is 4.04. The quantitative estimate of drug-likeness (QED) is 0.743. The molecule has 1 saturated carbocycles. The Labute approximate surface area is 95.4 Å². The Morgan fingerprint density at radius 2 is 2.27 bits per heavy atom. The first kappa shape index (κ1) is 11.2. The predicted octanol–water partition coefficient (Wildman–Crippen LogP) is 1.24. The van der Waals surface area contributed by atoms with Crippen LogP contribution in [0.4, 0.5) is 0 Å². The maximum absolute atomic E-state index is 11.7. The van der Waals surface area contributed by atoms with Crippen molar-refractivity contribution in [3.8, 4) is 0 Å². The van der Waals surface area contributed by atoms with Gasteiger partial charge in [0.1, 0.15) is 0 Å². The van der Waals surface area contributed by atoms with E-state index in [4.69, 9.17) is 11.6 Å². The fraction of sp³-hybridized carbons (Fsp3) is 0.909. The first-order valence-electron chi connectivity index (χ1n) is 5.66. The van der Waals surface area contributed by atoms with Gasteiger partial charge in [-0.15, -0.1) is 11.6 Å². The fourth-order valence-electron chi connectivity index (χ4n) is 2.91. The van der Waals surface area contributed by atoms with Crippen molar-refractivity contribution in [2.45, 2.75) is 25.7 Å². The summed E-state index contributed by atoms with van der Waals surface area (Å²) in [5, 5.41) is 9.33. The predicted molar refractivity (Wildman–Crippen MR) is 58.8 cm³/mol. The van der Waals surface area contributed by atoms with Crippen LogP contribution in [0.25, 0.3) is 0 Å². The smallest absolute Gasteiger partial charge is 0.223 e. The molecule has 1 aliphatic carbocycles. The molecule has 0 unspecified atom stereocenters. The van der Waals surface area contributed by atoms with Gasteiger partial charge in [0.2, 0.25) is 5.91 Å². The Balaban J connectivity index is 1.98. The number of hydrogen-bond donors (Lipinski definition) is 1. The molecule has 0 radical (unpaired) electrons. The normalized spacial score (nSPS) is 28.1. The zero-order chi connectivity index (χ0) is 10.9. The molecule has 1 amide bonds. The Hall–Kier alpha value is -0.280. The van der Waals surface area contributed by atoms with Crippen molar-refractivity contribution in [2.75, 3.05) is 25.6 Å². The number of rotatable bonds is 3. The number of hydrogen-bond acceptors (Lipinski definition) is 2. The van der Waals surface area contributed by atoms with Crippen molar-refractivity contribution >= 4 is 17.5 Å². The number of carbonyl (C=O) groups excluding carboxylic acids is 1. The largest absolute Gasteiger partial charge is 0.396 e. The van der Waals surface area contributed by atoms with E-state index in [1.54, 1.807) is 0 Å². The van der Waals surface area contributed by atoms with Crippen molar-refractivity contribution in [3.05, 3.63) is 0 Å². The number of amides is 1. The lowest BCUT2D eigenvalue weighted by atomic mass is 9.63. The molecule has 2 rings (SSSR count). The van der Waals surface area contributed by atoms with Crippen molar-refractivity contribution in [1.29, 1.82) is 0 Å². The van der Waals surface area contributed by atoms with Gasteiger partial charge >= 0.3 is 0 Å². The minimum absolute atomic E-state index is 0.146. The standard InChI is InChI=1S/C11H18ClNO2/c12-5-2-10(15)13-6-9(7-14)11(8-13)3-1-4-11/h9,14H,1-8H2/t9-/m0/s1. The summed E-state index contributed by atoms with van der Waals surface area (Å²) in [4.78, 5) is 13.6. The van der Waals surface area contributed by atoms with Crippen LogP contribution in [0.2, 0.25) is 0 Å². The number of carbonyl (C=O) groups is 1. The van der Waals surface area contributed by atoms with E-state index < -0.39 is 0 Å². The van der Waals surface area contributed by atoms with E-state index in [1.807, 2.05) is 4.90 Å². The molecule has 1 saturated heterocycles. The van der Waals surface area contributed by atoms with E-state index in [9.17, 15) is 9.90 Å². The van der Waals surface area contributed by atoms with Crippen LogP contribution in [0.5, 0.6) is 0 Å². The molecule has 0 bridgehead atoms. The van der Waals surface area contributed by atoms with Crippen LogP contribution in [-0.4, -0.2) is 41.5 Å². The van der Waals surface area contributed by atoms with Crippen LogP contribution in [0.3, 0.4) is 0 Å². The van der Waals surface area contributed by atoms with Crippen molar-refractivity contribution in [1.82, 2.24) is 4.90 Å². The third kappa shape index (κ3) is 1.87. The van der Waals surface area contributed by atoms with Crippen molar-refractivity contribution in [3.63, 3.8) is 0 Å². The molecule has 0 aromatic rings. The van der Waals surface area contributed by atoms with Gasteiger partial charge in [0.15, 0.2) is 0 Å². The number of likely N-dealkylation sites (tertiary alicyclic amines) is 1. The first-order valence-corrected chi connectivity index (χ1v) is 6.20. The average Bonchev–Trinajstić information content (AvgIpc) is 2.56. The average molecular weight is 232 g/mol. The van der Waals surface area contributed by atoms with E-state index in [2.05, 4.69) is 0 Å². The molecule has 1 spiro atoms. The first-order chi connectivity index (χ1) is 7.22. The molecular formula is C11H18ClNO2. The second-order valence-electron chi connectivity index (χ2n) is 4.81. The van der Waals surface area contributed by atoms with E-state index in [0.29, 0.717) is 18.2 Å². The maximum Gasteiger partial charge on any atom is 0.223 e. The number of aliphatic hydroxyl groups excluding tert-OH is 1. The highest BCUT2D eigenvalue weighted by Gasteiger charge is 2.50. The van der Waals surface area contributed by atoms with Gasteiger partial charge in [-0.05, 0) is 18.3 Å². The summed E-state index contributed by atoms with van der Waals surface area (Å²) in [7, 11) is 0. The molecule has 0 aromatic carbocycles. The maximum atomic E-state index is 11.7. The summed E-state index contributed by atoms with van der Waals surface area (Å²) in [5.74, 6) is 0.837. The van der Waals surface area contributed by atoms with Crippen LogP contribution in [-0.2, 0) is 4.79 Å². The van der Waals surface area contributed by atoms with Crippen LogP contribution >= 0.6 is 11.6 Å². The van der Waals surface area contributed by atoms with Gasteiger partial charge in [-0.3, -0.25) is 4.79 Å². The number of halogens is 1. The van der Waals surface area contributed by atoms with Crippen molar-refractivity contribution < 1.29 is 9.90 Å². The molecule has 1 N–H and O–H groups in total. The van der Waals surface area contributed by atoms with E-state index in [0.717, 1.165) is 13.1 Å². The highest BCUT2D eigenvalue weighted by molar-refractivity contribution is 6.18. The summed E-state index contributed by atoms with van der Waals surface area (Å²) in [6, 6.07) is 0. The minimum atomic E-state index is 0.146.